The van der Waals surface area contributed by atoms with E-state index >= 15 is 0 Å². The summed E-state index contributed by atoms with van der Waals surface area (Å²) in [5, 5.41) is 2.99. The van der Waals surface area contributed by atoms with Crippen molar-refractivity contribution in [3.63, 3.8) is 0 Å². The molecule has 1 fully saturated rings. The highest BCUT2D eigenvalue weighted by atomic mass is 19.1. The molecule has 0 amide bonds. The first-order chi connectivity index (χ1) is 8.69. The van der Waals surface area contributed by atoms with Crippen LogP contribution in [0.15, 0.2) is 12.3 Å². The number of pyridine rings is 1. The first-order valence-corrected chi connectivity index (χ1v) is 6.74. The average molecular weight is 254 g/mol. The molecule has 1 saturated carbocycles. The monoisotopic (exact) mass is 254 g/mol. The zero-order chi connectivity index (χ0) is 13.0. The van der Waals surface area contributed by atoms with Crippen molar-refractivity contribution in [1.29, 1.82) is 0 Å². The Morgan fingerprint density at radius 2 is 1.89 bits per heavy atom. The SMILES string of the molecule is CCC1CCC(CNc2ncc(F)cc2F)CC1. The van der Waals surface area contributed by atoms with Gasteiger partial charge >= 0.3 is 0 Å². The maximum absolute atomic E-state index is 13.4. The van der Waals surface area contributed by atoms with E-state index in [0.717, 1.165) is 24.7 Å². The molecule has 0 atom stereocenters. The van der Waals surface area contributed by atoms with Crippen LogP contribution in [-0.4, -0.2) is 11.5 Å². The van der Waals surface area contributed by atoms with Crippen LogP contribution in [0.3, 0.4) is 0 Å². The second-order valence-electron chi connectivity index (χ2n) is 5.16. The van der Waals surface area contributed by atoms with Crippen LogP contribution in [0.2, 0.25) is 0 Å². The number of rotatable bonds is 4. The summed E-state index contributed by atoms with van der Waals surface area (Å²) < 4.78 is 26.1. The van der Waals surface area contributed by atoms with Gasteiger partial charge in [-0.3, -0.25) is 0 Å². The van der Waals surface area contributed by atoms with Gasteiger partial charge in [-0.05, 0) is 24.7 Å². The lowest BCUT2D eigenvalue weighted by atomic mass is 9.81. The summed E-state index contributed by atoms with van der Waals surface area (Å²) in [4.78, 5) is 3.73. The van der Waals surface area contributed by atoms with Crippen LogP contribution in [0, 0.1) is 23.5 Å². The van der Waals surface area contributed by atoms with Crippen molar-refractivity contribution in [2.45, 2.75) is 39.0 Å². The van der Waals surface area contributed by atoms with Crippen LogP contribution in [0.25, 0.3) is 0 Å². The molecule has 1 aliphatic rings. The normalized spacial score (nSPS) is 23.9. The topological polar surface area (TPSA) is 24.9 Å². The molecular weight excluding hydrogens is 234 g/mol. The standard InChI is InChI=1S/C14H20F2N2/c1-2-10-3-5-11(6-4-10)8-17-14-13(16)7-12(15)9-18-14/h7,9-11H,2-6,8H2,1H3,(H,17,18). The number of aromatic nitrogens is 1. The Hall–Kier alpha value is -1.19. The summed E-state index contributed by atoms with van der Waals surface area (Å²) in [5.74, 6) is 0.355. The van der Waals surface area contributed by atoms with E-state index in [4.69, 9.17) is 0 Å². The summed E-state index contributed by atoms with van der Waals surface area (Å²) in [6.07, 6.45) is 7.21. The maximum atomic E-state index is 13.4. The van der Waals surface area contributed by atoms with Crippen LogP contribution in [-0.2, 0) is 0 Å². The molecule has 0 bridgehead atoms. The number of hydrogen-bond donors (Lipinski definition) is 1. The van der Waals surface area contributed by atoms with E-state index in [1.165, 1.54) is 32.1 Å². The first kappa shape index (κ1) is 13.2. The summed E-state index contributed by atoms with van der Waals surface area (Å²) in [7, 11) is 0. The van der Waals surface area contributed by atoms with Crippen LogP contribution in [0.5, 0.6) is 0 Å². The van der Waals surface area contributed by atoms with E-state index in [1.807, 2.05) is 0 Å². The minimum Gasteiger partial charge on any atom is -0.367 e. The Balaban J connectivity index is 1.81. The predicted molar refractivity (Wildman–Crippen MR) is 68.4 cm³/mol. The van der Waals surface area contributed by atoms with Crippen molar-refractivity contribution in [2.75, 3.05) is 11.9 Å². The van der Waals surface area contributed by atoms with Gasteiger partial charge in [0.15, 0.2) is 11.6 Å². The second kappa shape index (κ2) is 6.12. The van der Waals surface area contributed by atoms with Gasteiger partial charge in [-0.1, -0.05) is 26.2 Å². The fraction of sp³-hybridized carbons (Fsp3) is 0.643. The van der Waals surface area contributed by atoms with Crippen molar-refractivity contribution in [1.82, 2.24) is 4.98 Å². The van der Waals surface area contributed by atoms with Gasteiger partial charge in [0.05, 0.1) is 6.20 Å². The van der Waals surface area contributed by atoms with E-state index in [-0.39, 0.29) is 5.82 Å². The van der Waals surface area contributed by atoms with Gasteiger partial charge in [0.2, 0.25) is 0 Å². The van der Waals surface area contributed by atoms with Crippen molar-refractivity contribution >= 4 is 5.82 Å². The molecule has 2 nitrogen and oxygen atoms in total. The van der Waals surface area contributed by atoms with E-state index in [1.54, 1.807) is 0 Å². The third kappa shape index (κ3) is 3.40. The fourth-order valence-electron chi connectivity index (χ4n) is 2.63. The molecule has 1 N–H and O–H groups in total. The van der Waals surface area contributed by atoms with Gasteiger partial charge in [-0.15, -0.1) is 0 Å². The molecule has 1 aromatic heterocycles. The molecule has 1 aliphatic carbocycles. The van der Waals surface area contributed by atoms with Crippen molar-refractivity contribution in [2.24, 2.45) is 11.8 Å². The maximum Gasteiger partial charge on any atom is 0.168 e. The lowest BCUT2D eigenvalue weighted by Gasteiger charge is -2.28. The number of halogens is 2. The highest BCUT2D eigenvalue weighted by Gasteiger charge is 2.20. The van der Waals surface area contributed by atoms with Crippen LogP contribution < -0.4 is 5.32 Å². The highest BCUT2D eigenvalue weighted by Crippen LogP contribution is 2.30. The minimum atomic E-state index is -0.637. The quantitative estimate of drug-likeness (QED) is 0.878. The summed E-state index contributed by atoms with van der Waals surface area (Å²) in [6.45, 7) is 2.97. The zero-order valence-electron chi connectivity index (χ0n) is 10.8. The summed E-state index contributed by atoms with van der Waals surface area (Å²) in [5.41, 5.74) is 0. The lowest BCUT2D eigenvalue weighted by Crippen LogP contribution is -2.21. The third-order valence-electron chi connectivity index (χ3n) is 3.91. The Morgan fingerprint density at radius 3 is 2.50 bits per heavy atom. The second-order valence-corrected chi connectivity index (χ2v) is 5.16. The predicted octanol–water partition coefficient (Wildman–Crippen LogP) is 3.99. The average Bonchev–Trinajstić information content (AvgIpc) is 2.38. The van der Waals surface area contributed by atoms with Gasteiger partial charge < -0.3 is 5.32 Å². The van der Waals surface area contributed by atoms with E-state index in [0.29, 0.717) is 5.92 Å². The van der Waals surface area contributed by atoms with Gasteiger partial charge in [-0.25, -0.2) is 13.8 Å². The number of hydrogen-bond acceptors (Lipinski definition) is 2. The molecule has 0 spiro atoms. The van der Waals surface area contributed by atoms with Crippen molar-refractivity contribution < 1.29 is 8.78 Å². The highest BCUT2D eigenvalue weighted by molar-refractivity contribution is 5.35. The molecule has 100 valence electrons. The van der Waals surface area contributed by atoms with Gasteiger partial charge in [0.1, 0.15) is 5.82 Å². The zero-order valence-corrected chi connectivity index (χ0v) is 10.8. The van der Waals surface area contributed by atoms with Gasteiger partial charge in [0, 0.05) is 12.6 Å². The molecule has 0 unspecified atom stereocenters. The molecule has 4 heteroatoms. The third-order valence-corrected chi connectivity index (χ3v) is 3.91. The molecule has 2 rings (SSSR count). The molecule has 0 aliphatic heterocycles. The van der Waals surface area contributed by atoms with Crippen molar-refractivity contribution in [3.8, 4) is 0 Å². The number of nitrogens with one attached hydrogen (secondary N) is 1. The number of nitrogens with zero attached hydrogens (tertiary/aromatic N) is 1. The van der Waals surface area contributed by atoms with Gasteiger partial charge in [-0.2, -0.15) is 0 Å². The Bertz CT molecular complexity index is 387. The molecule has 18 heavy (non-hydrogen) atoms. The summed E-state index contributed by atoms with van der Waals surface area (Å²) >= 11 is 0. The van der Waals surface area contributed by atoms with E-state index in [9.17, 15) is 8.78 Å². The fourth-order valence-corrected chi connectivity index (χ4v) is 2.63. The van der Waals surface area contributed by atoms with E-state index in [2.05, 4.69) is 17.2 Å². The number of anilines is 1. The Kier molecular flexibility index (Phi) is 4.50. The van der Waals surface area contributed by atoms with Gasteiger partial charge in [0.25, 0.3) is 0 Å². The molecular formula is C14H20F2N2. The minimum absolute atomic E-state index is 0.161. The Labute approximate surface area is 107 Å². The van der Waals surface area contributed by atoms with Crippen molar-refractivity contribution in [3.05, 3.63) is 23.9 Å². The van der Waals surface area contributed by atoms with E-state index < -0.39 is 11.6 Å². The largest absolute Gasteiger partial charge is 0.367 e. The van der Waals surface area contributed by atoms with Crippen LogP contribution >= 0.6 is 0 Å². The lowest BCUT2D eigenvalue weighted by molar-refractivity contribution is 0.278. The molecule has 0 aromatic carbocycles. The Morgan fingerprint density at radius 1 is 1.22 bits per heavy atom. The smallest absolute Gasteiger partial charge is 0.168 e. The van der Waals surface area contributed by atoms with Crippen LogP contribution in [0.4, 0.5) is 14.6 Å². The molecule has 0 saturated heterocycles. The molecule has 0 radical (unpaired) electrons. The first-order valence-electron chi connectivity index (χ1n) is 6.74. The molecule has 1 aromatic rings. The molecule has 1 heterocycles. The van der Waals surface area contributed by atoms with Crippen LogP contribution in [0.1, 0.15) is 39.0 Å². The summed E-state index contributed by atoms with van der Waals surface area (Å²) in [6, 6.07) is 0.864.